The van der Waals surface area contributed by atoms with Crippen molar-refractivity contribution in [3.8, 4) is 0 Å². The summed E-state index contributed by atoms with van der Waals surface area (Å²) in [5, 5.41) is 10.3. The van der Waals surface area contributed by atoms with Crippen molar-refractivity contribution in [3.05, 3.63) is 81.8 Å². The predicted octanol–water partition coefficient (Wildman–Crippen LogP) is 6.85. The van der Waals surface area contributed by atoms with Crippen molar-refractivity contribution in [1.29, 1.82) is 0 Å². The summed E-state index contributed by atoms with van der Waals surface area (Å²) in [6.45, 7) is 2.85. The lowest BCUT2D eigenvalue weighted by molar-refractivity contribution is -0.143. The fourth-order valence-corrected chi connectivity index (χ4v) is 6.03. The molecule has 0 radical (unpaired) electrons. The number of amides is 1. The van der Waals surface area contributed by atoms with Crippen LogP contribution in [0.15, 0.2) is 42.6 Å². The Hall–Kier alpha value is -4.12. The van der Waals surface area contributed by atoms with Crippen LogP contribution in [0.4, 0.5) is 55.8 Å². The second-order valence-corrected chi connectivity index (χ2v) is 11.3. The van der Waals surface area contributed by atoms with Crippen molar-refractivity contribution in [1.82, 2.24) is 9.97 Å². The summed E-state index contributed by atoms with van der Waals surface area (Å²) in [6.07, 6.45) is -16.3. The molecule has 47 heavy (non-hydrogen) atoms. The lowest BCUT2D eigenvalue weighted by Crippen LogP contribution is -2.64. The minimum atomic E-state index is -5.12. The first-order valence-corrected chi connectivity index (χ1v) is 14.3. The SMILES string of the molecule is CCC1(N)C(c2nc(N3CCOCC3)cnc2Cc2cc(C(F)(F)F)cc(C(F)(F)F)c2)Cc2cc(C(F)(F)F)ccc2N1C(=O)O. The van der Waals surface area contributed by atoms with Crippen molar-refractivity contribution in [3.63, 3.8) is 0 Å². The van der Waals surface area contributed by atoms with Crippen molar-refractivity contribution in [2.24, 2.45) is 5.73 Å². The van der Waals surface area contributed by atoms with Gasteiger partial charge in [-0.15, -0.1) is 0 Å². The standard InChI is InChI=1S/C30H28F9N5O3/c1-2-27(40)21(13-17-12-18(28(31,32)33)3-4-23(17)44(27)26(45)46)25-22(41-15-24(42-25)43-5-7-47-8-6-43)11-16-9-19(29(34,35)36)14-20(10-16)30(37,38)39/h3-4,9-10,12,14-15,21H,2,5-8,11,13,40H2,1H3,(H,45,46). The lowest BCUT2D eigenvalue weighted by Gasteiger charge is -2.48. The Bertz CT molecular complexity index is 1620. The zero-order chi connectivity index (χ0) is 34.5. The van der Waals surface area contributed by atoms with E-state index in [0.29, 0.717) is 38.4 Å². The quantitative estimate of drug-likeness (QED) is 0.285. The number of halogens is 9. The number of fused-ring (bicyclic) bond motifs is 1. The van der Waals surface area contributed by atoms with Gasteiger partial charge in [-0.2, -0.15) is 39.5 Å². The molecule has 3 N–H and O–H groups in total. The maximum absolute atomic E-state index is 13.7. The number of ether oxygens (including phenoxy) is 1. The Balaban J connectivity index is 1.71. The maximum atomic E-state index is 13.7. The average molecular weight is 678 g/mol. The number of carboxylic acid groups (broad SMARTS) is 1. The molecule has 17 heteroatoms. The molecular formula is C30H28F9N5O3. The van der Waals surface area contributed by atoms with Gasteiger partial charge in [-0.25, -0.2) is 9.78 Å². The zero-order valence-corrected chi connectivity index (χ0v) is 24.6. The average Bonchev–Trinajstić information content (AvgIpc) is 2.99. The van der Waals surface area contributed by atoms with E-state index in [1.807, 2.05) is 0 Å². The number of carbonyl (C=O) groups is 1. The first kappa shape index (κ1) is 34.2. The minimum Gasteiger partial charge on any atom is -0.465 e. The van der Waals surface area contributed by atoms with Crippen LogP contribution in [0.1, 0.15) is 58.5 Å². The molecule has 2 unspecified atom stereocenters. The third-order valence-corrected chi connectivity index (χ3v) is 8.40. The van der Waals surface area contributed by atoms with Gasteiger partial charge in [0.2, 0.25) is 0 Å². The van der Waals surface area contributed by atoms with Crippen LogP contribution < -0.4 is 15.5 Å². The van der Waals surface area contributed by atoms with E-state index in [1.54, 1.807) is 11.8 Å². The van der Waals surface area contributed by atoms with Crippen LogP contribution in [-0.4, -0.2) is 53.1 Å². The number of anilines is 2. The van der Waals surface area contributed by atoms with Crippen molar-refractivity contribution in [2.45, 2.75) is 56.3 Å². The van der Waals surface area contributed by atoms with Crippen LogP contribution in [0.25, 0.3) is 0 Å². The molecule has 0 saturated carbocycles. The number of alkyl halides is 9. The van der Waals surface area contributed by atoms with E-state index in [0.717, 1.165) is 23.1 Å². The Morgan fingerprint density at radius 2 is 1.55 bits per heavy atom. The summed E-state index contributed by atoms with van der Waals surface area (Å²) < 4.78 is 128. The number of benzene rings is 2. The Morgan fingerprint density at radius 3 is 2.09 bits per heavy atom. The van der Waals surface area contributed by atoms with Gasteiger partial charge >= 0.3 is 24.6 Å². The van der Waals surface area contributed by atoms with Gasteiger partial charge in [0.1, 0.15) is 11.5 Å². The van der Waals surface area contributed by atoms with E-state index >= 15 is 0 Å². The summed E-state index contributed by atoms with van der Waals surface area (Å²) in [6, 6.07) is 3.58. The van der Waals surface area contributed by atoms with E-state index < -0.39 is 64.9 Å². The molecule has 254 valence electrons. The van der Waals surface area contributed by atoms with Gasteiger partial charge in [-0.1, -0.05) is 6.92 Å². The summed E-state index contributed by atoms with van der Waals surface area (Å²) >= 11 is 0. The normalized spacial score (nSPS) is 20.7. The molecule has 5 rings (SSSR count). The zero-order valence-electron chi connectivity index (χ0n) is 24.6. The highest BCUT2D eigenvalue weighted by Gasteiger charge is 2.50. The van der Waals surface area contributed by atoms with Gasteiger partial charge in [0.15, 0.2) is 0 Å². The van der Waals surface area contributed by atoms with Gasteiger partial charge in [0.25, 0.3) is 0 Å². The second-order valence-electron chi connectivity index (χ2n) is 11.3. The Kier molecular flexibility index (Phi) is 8.85. The predicted molar refractivity (Wildman–Crippen MR) is 150 cm³/mol. The molecule has 2 aliphatic heterocycles. The second kappa shape index (κ2) is 12.2. The smallest absolute Gasteiger partial charge is 0.416 e. The molecule has 1 fully saturated rings. The fourth-order valence-electron chi connectivity index (χ4n) is 6.03. The van der Waals surface area contributed by atoms with Crippen molar-refractivity contribution < 1.29 is 54.2 Å². The molecule has 0 spiro atoms. The van der Waals surface area contributed by atoms with E-state index in [-0.39, 0.29) is 47.4 Å². The molecule has 0 bridgehead atoms. The third kappa shape index (κ3) is 6.81. The molecule has 1 saturated heterocycles. The molecule has 8 nitrogen and oxygen atoms in total. The summed E-state index contributed by atoms with van der Waals surface area (Å²) in [7, 11) is 0. The fraction of sp³-hybridized carbons (Fsp3) is 0.433. The Labute approximate surface area is 262 Å². The highest BCUT2D eigenvalue weighted by Crippen LogP contribution is 2.47. The van der Waals surface area contributed by atoms with E-state index in [9.17, 15) is 49.4 Å². The van der Waals surface area contributed by atoms with Gasteiger partial charge < -0.3 is 20.5 Å². The van der Waals surface area contributed by atoms with Crippen molar-refractivity contribution >= 4 is 17.6 Å². The van der Waals surface area contributed by atoms with Gasteiger partial charge in [0.05, 0.1) is 53.2 Å². The van der Waals surface area contributed by atoms with Crippen LogP contribution in [-0.2, 0) is 36.1 Å². The summed E-state index contributed by atoms with van der Waals surface area (Å²) in [4.78, 5) is 24.2. The number of hydrogen-bond donors (Lipinski definition) is 2. The van der Waals surface area contributed by atoms with Gasteiger partial charge in [-0.3, -0.25) is 9.88 Å². The van der Waals surface area contributed by atoms with Gasteiger partial charge in [-0.05, 0) is 60.4 Å². The number of nitrogens with zero attached hydrogens (tertiary/aromatic N) is 4. The van der Waals surface area contributed by atoms with Crippen LogP contribution in [0.5, 0.6) is 0 Å². The number of aromatic nitrogens is 2. The molecule has 3 aromatic rings. The van der Waals surface area contributed by atoms with Crippen LogP contribution in [0.3, 0.4) is 0 Å². The monoisotopic (exact) mass is 677 g/mol. The van der Waals surface area contributed by atoms with Crippen LogP contribution >= 0.6 is 0 Å². The van der Waals surface area contributed by atoms with E-state index in [1.165, 1.54) is 6.20 Å². The first-order chi connectivity index (χ1) is 21.8. The molecular weight excluding hydrogens is 649 g/mol. The molecule has 3 heterocycles. The van der Waals surface area contributed by atoms with Crippen molar-refractivity contribution in [2.75, 3.05) is 36.1 Å². The first-order valence-electron chi connectivity index (χ1n) is 14.3. The Morgan fingerprint density at radius 1 is 0.957 bits per heavy atom. The van der Waals surface area contributed by atoms with E-state index in [2.05, 4.69) is 9.97 Å². The van der Waals surface area contributed by atoms with E-state index in [4.69, 9.17) is 10.5 Å². The maximum Gasteiger partial charge on any atom is 0.416 e. The number of hydrogen-bond acceptors (Lipinski definition) is 6. The highest BCUT2D eigenvalue weighted by molar-refractivity contribution is 5.90. The molecule has 0 aliphatic carbocycles. The number of rotatable bonds is 5. The lowest BCUT2D eigenvalue weighted by atomic mass is 9.76. The topological polar surface area (TPSA) is 105 Å². The van der Waals surface area contributed by atoms with Gasteiger partial charge in [0, 0.05) is 25.4 Å². The molecule has 2 atom stereocenters. The molecule has 1 amide bonds. The molecule has 2 aromatic carbocycles. The number of morpholine rings is 1. The molecule has 1 aromatic heterocycles. The summed E-state index contributed by atoms with van der Waals surface area (Å²) in [5.74, 6) is -0.988. The van der Waals surface area contributed by atoms with Crippen LogP contribution in [0, 0.1) is 0 Å². The molecule has 2 aliphatic rings. The summed E-state index contributed by atoms with van der Waals surface area (Å²) in [5.41, 5.74) is 0.00812. The minimum absolute atomic E-state index is 0.0132. The number of nitrogens with two attached hydrogens (primary N) is 1. The highest BCUT2D eigenvalue weighted by atomic mass is 19.4. The third-order valence-electron chi connectivity index (χ3n) is 8.40. The van der Waals surface area contributed by atoms with Crippen LogP contribution in [0.2, 0.25) is 0 Å². The largest absolute Gasteiger partial charge is 0.465 e.